The first-order chi connectivity index (χ1) is 26.6. The van der Waals surface area contributed by atoms with Gasteiger partial charge in [0.2, 0.25) is 0 Å². The van der Waals surface area contributed by atoms with E-state index in [1.807, 2.05) is 33.3 Å². The van der Waals surface area contributed by atoms with Gasteiger partial charge in [0, 0.05) is 19.3 Å². The molecule has 2 atom stereocenters. The summed E-state index contributed by atoms with van der Waals surface area (Å²) < 4.78 is 17.1. The Morgan fingerprint density at radius 3 is 1.65 bits per heavy atom. The molecule has 0 aromatic heterocycles. The van der Waals surface area contributed by atoms with E-state index in [0.29, 0.717) is 19.3 Å². The van der Waals surface area contributed by atoms with Crippen LogP contribution in [0, 0.1) is 0 Å². The quantitative estimate of drug-likeness (QED) is 0.0225. The first-order valence-electron chi connectivity index (χ1n) is 20.8. The number of hydrogen-bond donors (Lipinski definition) is 1. The monoisotopic (exact) mass is 767 g/mol. The fraction of sp³-hybridized carbons (Fsp3) is 0.596. The summed E-state index contributed by atoms with van der Waals surface area (Å²) in [5.74, 6) is -1.61. The summed E-state index contributed by atoms with van der Waals surface area (Å²) in [5, 5.41) is 9.60. The lowest BCUT2D eigenvalue weighted by Gasteiger charge is -2.31. The van der Waals surface area contributed by atoms with Crippen molar-refractivity contribution in [3.8, 4) is 0 Å². The molecule has 2 unspecified atom stereocenters. The number of aliphatic carboxylic acids is 1. The molecule has 0 aliphatic heterocycles. The smallest absolute Gasteiger partial charge is 0.362 e. The number of carbonyl (C=O) groups is 3. The van der Waals surface area contributed by atoms with Gasteiger partial charge in [-0.25, -0.2) is 4.79 Å². The van der Waals surface area contributed by atoms with Gasteiger partial charge >= 0.3 is 17.9 Å². The molecule has 0 heterocycles. The van der Waals surface area contributed by atoms with Crippen molar-refractivity contribution in [3.63, 3.8) is 0 Å². The van der Waals surface area contributed by atoms with E-state index in [0.717, 1.165) is 70.6 Å². The molecule has 8 nitrogen and oxygen atoms in total. The number of allylic oxidation sites excluding steroid dienone is 16. The van der Waals surface area contributed by atoms with Crippen molar-refractivity contribution < 1.29 is 38.2 Å². The average Bonchev–Trinajstić information content (AvgIpc) is 3.14. The van der Waals surface area contributed by atoms with Crippen LogP contribution >= 0.6 is 0 Å². The Bertz CT molecular complexity index is 1220. The van der Waals surface area contributed by atoms with Crippen LogP contribution in [0.5, 0.6) is 0 Å². The molecule has 1 N–H and O–H groups in total. The lowest BCUT2D eigenvalue weighted by atomic mass is 10.1. The third kappa shape index (κ3) is 35.7. The number of hydrogen-bond acceptors (Lipinski definition) is 6. The van der Waals surface area contributed by atoms with E-state index in [4.69, 9.17) is 14.2 Å². The summed E-state index contributed by atoms with van der Waals surface area (Å²) in [4.78, 5) is 36.9. The Morgan fingerprint density at radius 1 is 0.564 bits per heavy atom. The van der Waals surface area contributed by atoms with Crippen LogP contribution in [0.3, 0.4) is 0 Å². The van der Waals surface area contributed by atoms with Gasteiger partial charge in [0.25, 0.3) is 0 Å². The average molecular weight is 767 g/mol. The number of carboxylic acid groups (broad SMARTS) is 1. The minimum absolute atomic E-state index is 0.0208. The van der Waals surface area contributed by atoms with Crippen LogP contribution < -0.4 is 0 Å². The van der Waals surface area contributed by atoms with Crippen LogP contribution in [0.15, 0.2) is 97.2 Å². The molecule has 0 bridgehead atoms. The molecule has 0 spiro atoms. The van der Waals surface area contributed by atoms with Crippen molar-refractivity contribution in [2.45, 2.75) is 142 Å². The summed E-state index contributed by atoms with van der Waals surface area (Å²) in [6.07, 6.45) is 48.9. The Kier molecular flexibility index (Phi) is 34.7. The van der Waals surface area contributed by atoms with Gasteiger partial charge in [-0.2, -0.15) is 0 Å². The number of quaternary nitrogens is 1. The second-order valence-corrected chi connectivity index (χ2v) is 14.5. The van der Waals surface area contributed by atoms with Crippen molar-refractivity contribution >= 4 is 17.9 Å². The molecule has 310 valence electrons. The van der Waals surface area contributed by atoms with Crippen LogP contribution in [0.4, 0.5) is 0 Å². The summed E-state index contributed by atoms with van der Waals surface area (Å²) >= 11 is 0. The highest BCUT2D eigenvalue weighted by molar-refractivity contribution is 5.72. The fourth-order valence-electron chi connectivity index (χ4n) is 5.37. The van der Waals surface area contributed by atoms with Crippen LogP contribution in [-0.2, 0) is 28.6 Å². The number of ether oxygens (including phenoxy) is 3. The Hall–Kier alpha value is -3.75. The molecule has 0 aliphatic carbocycles. The predicted octanol–water partition coefficient (Wildman–Crippen LogP) is 11.1. The fourth-order valence-corrected chi connectivity index (χ4v) is 5.37. The van der Waals surface area contributed by atoms with Crippen LogP contribution in [-0.4, -0.2) is 80.6 Å². The second kappa shape index (κ2) is 37.2. The van der Waals surface area contributed by atoms with E-state index in [1.54, 1.807) is 0 Å². The van der Waals surface area contributed by atoms with Crippen LogP contribution in [0.2, 0.25) is 0 Å². The maximum atomic E-state index is 12.7. The number of carboxylic acids is 1. The van der Waals surface area contributed by atoms with Crippen molar-refractivity contribution in [1.82, 2.24) is 0 Å². The highest BCUT2D eigenvalue weighted by Crippen LogP contribution is 2.12. The van der Waals surface area contributed by atoms with Gasteiger partial charge in [-0.1, -0.05) is 143 Å². The van der Waals surface area contributed by atoms with Crippen LogP contribution in [0.25, 0.3) is 0 Å². The van der Waals surface area contributed by atoms with Gasteiger partial charge in [0.15, 0.2) is 12.1 Å². The first kappa shape index (κ1) is 51.2. The highest BCUT2D eigenvalue weighted by atomic mass is 16.6. The zero-order valence-corrected chi connectivity index (χ0v) is 35.1. The summed E-state index contributed by atoms with van der Waals surface area (Å²) in [5.41, 5.74) is 0. The third-order valence-electron chi connectivity index (χ3n) is 8.55. The minimum atomic E-state index is -0.893. The topological polar surface area (TPSA) is 99.1 Å². The van der Waals surface area contributed by atoms with Gasteiger partial charge in [-0.3, -0.25) is 9.59 Å². The lowest BCUT2D eigenvalue weighted by molar-refractivity contribution is -0.887. The SMILES string of the molecule is CC/C=C/C=C/C=C/CCCCCCCCCC(=O)OCC(COCCC(C(=O)O)[N+](C)(C)C)OC(=O)CC/C=C/C/C=C/C/C=C/C/C=C/C/C=C/CC. The summed E-state index contributed by atoms with van der Waals surface area (Å²) in [6.45, 7) is 4.37. The number of nitrogens with zero attached hydrogens (tertiary/aromatic N) is 1. The molecule has 55 heavy (non-hydrogen) atoms. The zero-order chi connectivity index (χ0) is 40.7. The highest BCUT2D eigenvalue weighted by Gasteiger charge is 2.31. The standard InChI is InChI=1S/C47H75NO7/c1-6-8-10-12-14-16-18-20-22-24-26-28-30-32-34-36-38-46(50)55-43(41-53-40-39-44(47(51)52)48(3,4)5)42-54-45(49)37-35-33-31-29-27-25-23-21-19-17-15-13-11-9-7-2/h8-11,13-17,19-20,22,26,28,32,34,43-44H,6-7,12,18,21,23-25,27,29-31,33,35-42H2,1-5H3/p+1/b10-8+,11-9+,15-13+,16-14+,19-17+,22-20+,28-26+,34-32+. The van der Waals surface area contributed by atoms with Gasteiger partial charge in [0.1, 0.15) is 6.61 Å². The maximum absolute atomic E-state index is 12.7. The Labute approximate surface area is 335 Å². The lowest BCUT2D eigenvalue weighted by Crippen LogP contribution is -2.50. The summed E-state index contributed by atoms with van der Waals surface area (Å²) in [6, 6.07) is -0.634. The predicted molar refractivity (Wildman–Crippen MR) is 229 cm³/mol. The van der Waals surface area contributed by atoms with E-state index in [9.17, 15) is 19.5 Å². The van der Waals surface area contributed by atoms with Gasteiger partial charge in [0.05, 0.1) is 34.4 Å². The van der Waals surface area contributed by atoms with Crippen molar-refractivity contribution in [2.24, 2.45) is 0 Å². The largest absolute Gasteiger partial charge is 0.477 e. The molecule has 0 aromatic rings. The molecule has 0 aliphatic rings. The van der Waals surface area contributed by atoms with E-state index in [2.05, 4.69) is 98.9 Å². The van der Waals surface area contributed by atoms with Crippen molar-refractivity contribution in [1.29, 1.82) is 0 Å². The molecule has 8 heteroatoms. The van der Waals surface area contributed by atoms with Gasteiger partial charge in [-0.15, -0.1) is 0 Å². The van der Waals surface area contributed by atoms with E-state index in [1.165, 1.54) is 19.3 Å². The molecule has 0 aromatic carbocycles. The van der Waals surface area contributed by atoms with E-state index >= 15 is 0 Å². The third-order valence-corrected chi connectivity index (χ3v) is 8.55. The van der Waals surface area contributed by atoms with Crippen molar-refractivity contribution in [2.75, 3.05) is 41.0 Å². The molecular weight excluding hydrogens is 691 g/mol. The molecule has 0 saturated heterocycles. The van der Waals surface area contributed by atoms with E-state index < -0.39 is 24.1 Å². The molecule has 0 fully saturated rings. The van der Waals surface area contributed by atoms with Gasteiger partial charge < -0.3 is 23.8 Å². The zero-order valence-electron chi connectivity index (χ0n) is 35.1. The Morgan fingerprint density at radius 2 is 1.09 bits per heavy atom. The molecule has 0 amide bonds. The number of likely N-dealkylation sites (N-methyl/N-ethyl adjacent to an activating group) is 1. The number of esters is 2. The Balaban J connectivity index is 4.54. The van der Waals surface area contributed by atoms with E-state index in [-0.39, 0.29) is 36.7 Å². The number of rotatable bonds is 35. The maximum Gasteiger partial charge on any atom is 0.362 e. The first-order valence-corrected chi connectivity index (χ1v) is 20.8. The molecule has 0 radical (unpaired) electrons. The molecule has 0 saturated carbocycles. The van der Waals surface area contributed by atoms with Crippen LogP contribution in [0.1, 0.15) is 129 Å². The summed E-state index contributed by atoms with van der Waals surface area (Å²) in [7, 11) is 5.48. The van der Waals surface area contributed by atoms with Crippen molar-refractivity contribution in [3.05, 3.63) is 97.2 Å². The molecular formula is C47H76NO7+. The number of unbranched alkanes of at least 4 members (excludes halogenated alkanes) is 7. The molecule has 0 rings (SSSR count). The second-order valence-electron chi connectivity index (χ2n) is 14.5. The number of carbonyl (C=O) groups excluding carboxylic acids is 2. The van der Waals surface area contributed by atoms with Gasteiger partial charge in [-0.05, 0) is 64.2 Å². The minimum Gasteiger partial charge on any atom is -0.477 e. The normalized spacial score (nSPS) is 14.0.